The summed E-state index contributed by atoms with van der Waals surface area (Å²) < 4.78 is 5.25. The van der Waals surface area contributed by atoms with Gasteiger partial charge in [0.25, 0.3) is 0 Å². The molecule has 1 aromatic heterocycles. The van der Waals surface area contributed by atoms with E-state index in [2.05, 4.69) is 27.3 Å². The van der Waals surface area contributed by atoms with Gasteiger partial charge in [0.1, 0.15) is 0 Å². The van der Waals surface area contributed by atoms with Gasteiger partial charge in [-0.05, 0) is 6.92 Å². The van der Waals surface area contributed by atoms with Gasteiger partial charge in [0.05, 0.1) is 6.04 Å². The van der Waals surface area contributed by atoms with E-state index in [0.717, 1.165) is 44.3 Å². The molecular formula is C10H18N4O. The highest BCUT2D eigenvalue weighted by molar-refractivity contribution is 4.92. The summed E-state index contributed by atoms with van der Waals surface area (Å²) in [7, 11) is 0. The Bertz CT molecular complexity index is 306. The molecular weight excluding hydrogens is 192 g/mol. The van der Waals surface area contributed by atoms with Crippen LogP contribution in [0.25, 0.3) is 0 Å². The summed E-state index contributed by atoms with van der Waals surface area (Å²) in [6.07, 6.45) is 0.831. The van der Waals surface area contributed by atoms with Crippen LogP contribution in [0.3, 0.4) is 0 Å². The van der Waals surface area contributed by atoms with Crippen LogP contribution in [-0.4, -0.2) is 41.2 Å². The zero-order chi connectivity index (χ0) is 10.7. The van der Waals surface area contributed by atoms with Crippen molar-refractivity contribution in [2.75, 3.05) is 26.2 Å². The molecule has 0 aromatic carbocycles. The van der Waals surface area contributed by atoms with Crippen LogP contribution in [0, 0.1) is 0 Å². The molecule has 1 N–H and O–H groups in total. The molecule has 0 amide bonds. The second-order valence-corrected chi connectivity index (χ2v) is 3.86. The normalized spacial score (nSPS) is 20.4. The second-order valence-electron chi connectivity index (χ2n) is 3.86. The number of nitrogens with one attached hydrogen (secondary N) is 1. The number of rotatable bonds is 3. The van der Waals surface area contributed by atoms with Crippen molar-refractivity contribution < 1.29 is 4.52 Å². The zero-order valence-electron chi connectivity index (χ0n) is 9.36. The van der Waals surface area contributed by atoms with Crippen molar-refractivity contribution in [3.8, 4) is 0 Å². The Morgan fingerprint density at radius 1 is 1.47 bits per heavy atom. The molecule has 0 saturated carbocycles. The van der Waals surface area contributed by atoms with Crippen molar-refractivity contribution in [3.05, 3.63) is 11.7 Å². The first-order valence-corrected chi connectivity index (χ1v) is 5.58. The number of aryl methyl sites for hydroxylation is 1. The lowest BCUT2D eigenvalue weighted by atomic mass is 10.2. The van der Waals surface area contributed by atoms with Crippen LogP contribution < -0.4 is 5.32 Å². The lowest BCUT2D eigenvalue weighted by molar-refractivity contribution is 0.154. The van der Waals surface area contributed by atoms with E-state index in [4.69, 9.17) is 4.52 Å². The van der Waals surface area contributed by atoms with Crippen LogP contribution in [0.5, 0.6) is 0 Å². The lowest BCUT2D eigenvalue weighted by Gasteiger charge is -2.30. The van der Waals surface area contributed by atoms with Crippen LogP contribution in [0.1, 0.15) is 31.6 Å². The fraction of sp³-hybridized carbons (Fsp3) is 0.800. The van der Waals surface area contributed by atoms with Crippen LogP contribution in [0.4, 0.5) is 0 Å². The number of hydrogen-bond donors (Lipinski definition) is 1. The molecule has 1 aromatic rings. The Labute approximate surface area is 89.8 Å². The van der Waals surface area contributed by atoms with E-state index >= 15 is 0 Å². The third-order valence-electron chi connectivity index (χ3n) is 2.86. The van der Waals surface area contributed by atoms with Gasteiger partial charge in [0.15, 0.2) is 5.82 Å². The first-order valence-electron chi connectivity index (χ1n) is 5.58. The molecule has 0 bridgehead atoms. The van der Waals surface area contributed by atoms with Gasteiger partial charge in [-0.15, -0.1) is 0 Å². The minimum atomic E-state index is 0.236. The molecule has 0 spiro atoms. The van der Waals surface area contributed by atoms with Crippen molar-refractivity contribution in [1.29, 1.82) is 0 Å². The lowest BCUT2D eigenvalue weighted by Crippen LogP contribution is -2.44. The summed E-state index contributed by atoms with van der Waals surface area (Å²) in [5.41, 5.74) is 0. The Balaban J connectivity index is 2.02. The van der Waals surface area contributed by atoms with Crippen molar-refractivity contribution in [2.45, 2.75) is 26.3 Å². The number of nitrogens with zero attached hydrogens (tertiary/aromatic N) is 3. The van der Waals surface area contributed by atoms with Gasteiger partial charge in [-0.25, -0.2) is 0 Å². The number of piperazine rings is 1. The van der Waals surface area contributed by atoms with Crippen molar-refractivity contribution in [3.63, 3.8) is 0 Å². The van der Waals surface area contributed by atoms with E-state index in [-0.39, 0.29) is 6.04 Å². The molecule has 1 aliphatic rings. The number of hydrogen-bond acceptors (Lipinski definition) is 5. The largest absolute Gasteiger partial charge is 0.338 e. The molecule has 5 heteroatoms. The highest BCUT2D eigenvalue weighted by Gasteiger charge is 2.22. The van der Waals surface area contributed by atoms with Gasteiger partial charge in [0, 0.05) is 32.6 Å². The minimum Gasteiger partial charge on any atom is -0.338 e. The van der Waals surface area contributed by atoms with Crippen molar-refractivity contribution >= 4 is 0 Å². The topological polar surface area (TPSA) is 54.2 Å². The fourth-order valence-corrected chi connectivity index (χ4v) is 1.81. The zero-order valence-corrected chi connectivity index (χ0v) is 9.36. The van der Waals surface area contributed by atoms with Crippen molar-refractivity contribution in [2.24, 2.45) is 0 Å². The third kappa shape index (κ3) is 2.35. The predicted octanol–water partition coefficient (Wildman–Crippen LogP) is 0.598. The molecule has 1 fully saturated rings. The first-order chi connectivity index (χ1) is 7.31. The van der Waals surface area contributed by atoms with E-state index < -0.39 is 0 Å². The van der Waals surface area contributed by atoms with Crippen LogP contribution in [-0.2, 0) is 6.42 Å². The van der Waals surface area contributed by atoms with Crippen LogP contribution >= 0.6 is 0 Å². The molecule has 2 heterocycles. The quantitative estimate of drug-likeness (QED) is 0.791. The predicted molar refractivity (Wildman–Crippen MR) is 56.5 cm³/mol. The summed E-state index contributed by atoms with van der Waals surface area (Å²) in [5, 5.41) is 7.25. The number of aromatic nitrogens is 2. The molecule has 0 aliphatic carbocycles. The summed E-state index contributed by atoms with van der Waals surface area (Å²) in [4.78, 5) is 6.73. The SMILES string of the molecule is CCc1noc([C@@H](C)N2CCNCC2)n1. The molecule has 0 unspecified atom stereocenters. The average Bonchev–Trinajstić information content (AvgIpc) is 2.78. The maximum atomic E-state index is 5.25. The molecule has 1 saturated heterocycles. The second kappa shape index (κ2) is 4.72. The maximum Gasteiger partial charge on any atom is 0.243 e. The molecule has 0 radical (unpaired) electrons. The summed E-state index contributed by atoms with van der Waals surface area (Å²) >= 11 is 0. The van der Waals surface area contributed by atoms with E-state index in [0.29, 0.717) is 0 Å². The van der Waals surface area contributed by atoms with E-state index in [9.17, 15) is 0 Å². The fourth-order valence-electron chi connectivity index (χ4n) is 1.81. The molecule has 1 aliphatic heterocycles. The average molecular weight is 210 g/mol. The molecule has 15 heavy (non-hydrogen) atoms. The van der Waals surface area contributed by atoms with Crippen LogP contribution in [0.15, 0.2) is 4.52 Å². The van der Waals surface area contributed by atoms with E-state index in [1.54, 1.807) is 0 Å². The van der Waals surface area contributed by atoms with Gasteiger partial charge in [-0.2, -0.15) is 4.98 Å². The summed E-state index contributed by atoms with van der Waals surface area (Å²) in [6.45, 7) is 8.33. The van der Waals surface area contributed by atoms with Gasteiger partial charge >= 0.3 is 0 Å². The third-order valence-corrected chi connectivity index (χ3v) is 2.86. The molecule has 5 nitrogen and oxygen atoms in total. The molecule has 1 atom stereocenters. The molecule has 2 rings (SSSR count). The standard InChI is InChI=1S/C10H18N4O/c1-3-9-12-10(15-13-9)8(2)14-6-4-11-5-7-14/h8,11H,3-7H2,1-2H3/t8-/m1/s1. The summed E-state index contributed by atoms with van der Waals surface area (Å²) in [5.74, 6) is 1.54. The highest BCUT2D eigenvalue weighted by atomic mass is 16.5. The van der Waals surface area contributed by atoms with Gasteiger partial charge < -0.3 is 9.84 Å². The van der Waals surface area contributed by atoms with E-state index in [1.165, 1.54) is 0 Å². The highest BCUT2D eigenvalue weighted by Crippen LogP contribution is 2.18. The Kier molecular flexibility index (Phi) is 3.33. The Morgan fingerprint density at radius 2 is 2.20 bits per heavy atom. The maximum absolute atomic E-state index is 5.25. The Hall–Kier alpha value is -0.940. The van der Waals surface area contributed by atoms with Gasteiger partial charge in [0.2, 0.25) is 5.89 Å². The monoisotopic (exact) mass is 210 g/mol. The van der Waals surface area contributed by atoms with Gasteiger partial charge in [-0.3, -0.25) is 4.90 Å². The summed E-state index contributed by atoms with van der Waals surface area (Å²) in [6, 6.07) is 0.236. The smallest absolute Gasteiger partial charge is 0.243 e. The minimum absolute atomic E-state index is 0.236. The van der Waals surface area contributed by atoms with Crippen LogP contribution in [0.2, 0.25) is 0 Å². The van der Waals surface area contributed by atoms with Gasteiger partial charge in [-0.1, -0.05) is 12.1 Å². The first kappa shape index (κ1) is 10.6. The Morgan fingerprint density at radius 3 is 2.80 bits per heavy atom. The van der Waals surface area contributed by atoms with E-state index in [1.807, 2.05) is 6.92 Å². The molecule has 84 valence electrons. The van der Waals surface area contributed by atoms with Crippen molar-refractivity contribution in [1.82, 2.24) is 20.4 Å².